The molecule has 7 nitrogen and oxygen atoms in total. The highest BCUT2D eigenvalue weighted by atomic mass is 32.2. The molecule has 2 N–H and O–H groups in total. The van der Waals surface area contributed by atoms with Crippen LogP contribution in [0.4, 0.5) is 0 Å². The number of nitrogens with one attached hydrogen (secondary N) is 2. The first-order chi connectivity index (χ1) is 12.7. The smallest absolute Gasteiger partial charge is 0.240 e. The van der Waals surface area contributed by atoms with Crippen LogP contribution in [0.25, 0.3) is 0 Å². The van der Waals surface area contributed by atoms with Gasteiger partial charge in [0, 0.05) is 13.1 Å². The minimum atomic E-state index is -3.57. The maximum absolute atomic E-state index is 13.0. The van der Waals surface area contributed by atoms with Crippen LogP contribution >= 0.6 is 0 Å². The van der Waals surface area contributed by atoms with Gasteiger partial charge in [0.25, 0.3) is 0 Å². The molecule has 2 amide bonds. The van der Waals surface area contributed by atoms with Crippen molar-refractivity contribution in [2.45, 2.75) is 50.6 Å². The van der Waals surface area contributed by atoms with Gasteiger partial charge < -0.3 is 10.2 Å². The van der Waals surface area contributed by atoms with E-state index in [2.05, 4.69) is 10.0 Å². The molecule has 1 heterocycles. The Morgan fingerprint density at radius 2 is 2.04 bits per heavy atom. The van der Waals surface area contributed by atoms with Crippen LogP contribution in [0.2, 0.25) is 0 Å². The molecule has 1 spiro atoms. The predicted molar refractivity (Wildman–Crippen MR) is 103 cm³/mol. The first-order valence-electron chi connectivity index (χ1n) is 9.28. The van der Waals surface area contributed by atoms with Gasteiger partial charge in [-0.15, -0.1) is 0 Å². The standard InChI is InChI=1S/C19H27N3O4S/c1-14-6-5-7-15(10-14)11-17(23)22-12-16(21-27(2,25)26)18(24)20-19(13-22)8-3-4-9-19/h5-7,10,16,21H,3-4,8-9,11-13H2,1-2H3,(H,20,24). The van der Waals surface area contributed by atoms with E-state index in [1.807, 2.05) is 31.2 Å². The van der Waals surface area contributed by atoms with Crippen molar-refractivity contribution in [1.82, 2.24) is 14.9 Å². The maximum Gasteiger partial charge on any atom is 0.240 e. The zero-order valence-corrected chi connectivity index (χ0v) is 16.6. The number of rotatable bonds is 4. The molecule has 8 heteroatoms. The molecule has 0 bridgehead atoms. The van der Waals surface area contributed by atoms with Crippen LogP contribution in [0.15, 0.2) is 24.3 Å². The van der Waals surface area contributed by atoms with E-state index >= 15 is 0 Å². The minimum absolute atomic E-state index is 0.0469. The molecule has 1 saturated heterocycles. The zero-order valence-electron chi connectivity index (χ0n) is 15.8. The Morgan fingerprint density at radius 1 is 1.33 bits per heavy atom. The first-order valence-corrected chi connectivity index (χ1v) is 11.2. The van der Waals surface area contributed by atoms with Gasteiger partial charge in [0.05, 0.1) is 18.2 Å². The number of hydrogen-bond donors (Lipinski definition) is 2. The SMILES string of the molecule is Cc1cccc(CC(=O)N2CC(NS(C)(=O)=O)C(=O)NC3(CCCC3)C2)c1. The highest BCUT2D eigenvalue weighted by molar-refractivity contribution is 7.88. The number of carbonyl (C=O) groups is 2. The third kappa shape index (κ3) is 5.07. The van der Waals surface area contributed by atoms with Crippen LogP contribution in [0.3, 0.4) is 0 Å². The molecule has 148 valence electrons. The largest absolute Gasteiger partial charge is 0.347 e. The summed E-state index contributed by atoms with van der Waals surface area (Å²) < 4.78 is 25.7. The molecule has 0 radical (unpaired) electrons. The molecule has 2 fully saturated rings. The van der Waals surface area contributed by atoms with Crippen molar-refractivity contribution < 1.29 is 18.0 Å². The lowest BCUT2D eigenvalue weighted by atomic mass is 9.97. The molecule has 1 saturated carbocycles. The van der Waals surface area contributed by atoms with Crippen LogP contribution < -0.4 is 10.0 Å². The van der Waals surface area contributed by atoms with E-state index < -0.39 is 21.6 Å². The van der Waals surface area contributed by atoms with E-state index in [1.54, 1.807) is 4.90 Å². The molecule has 3 rings (SSSR count). The Labute approximate surface area is 160 Å². The predicted octanol–water partition coefficient (Wildman–Crippen LogP) is 0.727. The number of amides is 2. The molecule has 1 aromatic carbocycles. The Morgan fingerprint density at radius 3 is 2.67 bits per heavy atom. The number of sulfonamides is 1. The maximum atomic E-state index is 13.0. The summed E-state index contributed by atoms with van der Waals surface area (Å²) in [5, 5.41) is 3.02. The molecular formula is C19H27N3O4S. The van der Waals surface area contributed by atoms with Crippen molar-refractivity contribution in [2.75, 3.05) is 19.3 Å². The van der Waals surface area contributed by atoms with Gasteiger partial charge in [-0.1, -0.05) is 42.7 Å². The van der Waals surface area contributed by atoms with Crippen molar-refractivity contribution in [2.24, 2.45) is 0 Å². The van der Waals surface area contributed by atoms with E-state index in [9.17, 15) is 18.0 Å². The number of benzene rings is 1. The fourth-order valence-corrected chi connectivity index (χ4v) is 4.80. The van der Waals surface area contributed by atoms with Crippen molar-refractivity contribution in [3.8, 4) is 0 Å². The molecular weight excluding hydrogens is 366 g/mol. The summed E-state index contributed by atoms with van der Waals surface area (Å²) in [7, 11) is -3.57. The van der Waals surface area contributed by atoms with Gasteiger partial charge in [-0.3, -0.25) is 9.59 Å². The van der Waals surface area contributed by atoms with Crippen LogP contribution in [-0.4, -0.2) is 56.1 Å². The molecule has 27 heavy (non-hydrogen) atoms. The lowest BCUT2D eigenvalue weighted by Gasteiger charge is -2.33. The summed E-state index contributed by atoms with van der Waals surface area (Å²) in [4.78, 5) is 27.3. The fraction of sp³-hybridized carbons (Fsp3) is 0.579. The van der Waals surface area contributed by atoms with Gasteiger partial charge in [0.2, 0.25) is 21.8 Å². The number of aryl methyl sites for hydroxylation is 1. The molecule has 1 atom stereocenters. The van der Waals surface area contributed by atoms with E-state index in [4.69, 9.17) is 0 Å². The van der Waals surface area contributed by atoms with Crippen LogP contribution in [0.5, 0.6) is 0 Å². The van der Waals surface area contributed by atoms with Gasteiger partial charge in [0.1, 0.15) is 6.04 Å². The second kappa shape index (κ2) is 7.59. The van der Waals surface area contributed by atoms with Crippen molar-refractivity contribution in [3.05, 3.63) is 35.4 Å². The monoisotopic (exact) mass is 393 g/mol. The first kappa shape index (κ1) is 19.8. The topological polar surface area (TPSA) is 95.6 Å². The van der Waals surface area contributed by atoms with E-state index in [0.29, 0.717) is 6.54 Å². The minimum Gasteiger partial charge on any atom is -0.347 e. The normalized spacial score (nSPS) is 22.5. The van der Waals surface area contributed by atoms with Crippen LogP contribution in [-0.2, 0) is 26.0 Å². The second-order valence-corrected chi connectivity index (χ2v) is 9.64. The molecule has 1 unspecified atom stereocenters. The van der Waals surface area contributed by atoms with Gasteiger partial charge in [-0.2, -0.15) is 0 Å². The van der Waals surface area contributed by atoms with E-state index in [0.717, 1.165) is 43.1 Å². The molecule has 2 aliphatic rings. The third-order valence-electron chi connectivity index (χ3n) is 5.31. The summed E-state index contributed by atoms with van der Waals surface area (Å²) >= 11 is 0. The van der Waals surface area contributed by atoms with Gasteiger partial charge in [-0.05, 0) is 25.3 Å². The fourth-order valence-electron chi connectivity index (χ4n) is 4.10. The highest BCUT2D eigenvalue weighted by Crippen LogP contribution is 2.32. The average Bonchev–Trinajstić information content (AvgIpc) is 2.94. The Kier molecular flexibility index (Phi) is 5.58. The zero-order chi connectivity index (χ0) is 19.7. The average molecular weight is 394 g/mol. The highest BCUT2D eigenvalue weighted by Gasteiger charge is 2.43. The molecule has 1 aromatic rings. The summed E-state index contributed by atoms with van der Waals surface area (Å²) in [6, 6.07) is 6.79. The second-order valence-electron chi connectivity index (χ2n) is 7.86. The molecule has 0 aromatic heterocycles. The molecule has 1 aliphatic heterocycles. The number of carbonyl (C=O) groups excluding carboxylic acids is 2. The van der Waals surface area contributed by atoms with Crippen molar-refractivity contribution >= 4 is 21.8 Å². The Hall–Kier alpha value is -1.93. The molecule has 1 aliphatic carbocycles. The van der Waals surface area contributed by atoms with Crippen molar-refractivity contribution in [3.63, 3.8) is 0 Å². The van der Waals surface area contributed by atoms with Crippen LogP contribution in [0.1, 0.15) is 36.8 Å². The van der Waals surface area contributed by atoms with Gasteiger partial charge in [-0.25, -0.2) is 13.1 Å². The summed E-state index contributed by atoms with van der Waals surface area (Å²) in [6.45, 7) is 2.44. The lowest BCUT2D eigenvalue weighted by Crippen LogP contribution is -2.54. The summed E-state index contributed by atoms with van der Waals surface area (Å²) in [5.74, 6) is -0.447. The van der Waals surface area contributed by atoms with Gasteiger partial charge in [0.15, 0.2) is 0 Å². The Bertz CT molecular complexity index is 831. The summed E-state index contributed by atoms with van der Waals surface area (Å²) in [5.41, 5.74) is 1.54. The van der Waals surface area contributed by atoms with Gasteiger partial charge >= 0.3 is 0 Å². The van der Waals surface area contributed by atoms with Crippen LogP contribution in [0, 0.1) is 6.92 Å². The third-order valence-corrected chi connectivity index (χ3v) is 6.02. The number of nitrogens with zero attached hydrogens (tertiary/aromatic N) is 1. The van der Waals surface area contributed by atoms with E-state index in [1.165, 1.54) is 0 Å². The quantitative estimate of drug-likeness (QED) is 0.788. The number of hydrogen-bond acceptors (Lipinski definition) is 4. The van der Waals surface area contributed by atoms with E-state index in [-0.39, 0.29) is 24.8 Å². The lowest BCUT2D eigenvalue weighted by molar-refractivity contribution is -0.131. The van der Waals surface area contributed by atoms with Crippen molar-refractivity contribution in [1.29, 1.82) is 0 Å². The summed E-state index contributed by atoms with van der Waals surface area (Å²) in [6.07, 6.45) is 4.85. The Balaban J connectivity index is 1.83.